The maximum Gasteiger partial charge on any atom is 0.379 e. The number of carbonyl (C=O) groups excluding carboxylic acids is 2. The van der Waals surface area contributed by atoms with Crippen molar-refractivity contribution in [1.82, 2.24) is 0 Å². The van der Waals surface area contributed by atoms with Crippen LogP contribution in [-0.4, -0.2) is 25.0 Å². The second-order valence-electron chi connectivity index (χ2n) is 3.61. The highest BCUT2D eigenvalue weighted by molar-refractivity contribution is 6.40. The van der Waals surface area contributed by atoms with Gasteiger partial charge in [-0.1, -0.05) is 6.07 Å². The summed E-state index contributed by atoms with van der Waals surface area (Å²) in [6.07, 6.45) is -0.229. The number of Topliss-reactive ketones (excluding diaryl/α,β-unsaturated/α-hetero) is 1. The molecule has 0 unspecified atom stereocenters. The fourth-order valence-corrected chi connectivity index (χ4v) is 1.23. The van der Waals surface area contributed by atoms with Gasteiger partial charge in [0.2, 0.25) is 0 Å². The molecule has 0 N–H and O–H groups in total. The molecule has 1 aromatic rings. The number of halogens is 1. The van der Waals surface area contributed by atoms with Crippen molar-refractivity contribution in [2.75, 3.05) is 7.11 Å². The van der Waals surface area contributed by atoms with Gasteiger partial charge in [0.15, 0.2) is 11.6 Å². The molecule has 17 heavy (non-hydrogen) atoms. The number of hydrogen-bond donors (Lipinski definition) is 0. The lowest BCUT2D eigenvalue weighted by molar-refractivity contribution is -0.135. The number of esters is 1. The summed E-state index contributed by atoms with van der Waals surface area (Å²) in [5.74, 6) is -3.05. The fraction of sp³-hybridized carbons (Fsp3) is 0.333. The molecular weight excluding hydrogens is 227 g/mol. The third kappa shape index (κ3) is 3.03. The summed E-state index contributed by atoms with van der Waals surface area (Å²) in [4.78, 5) is 22.5. The molecule has 0 saturated heterocycles. The topological polar surface area (TPSA) is 52.6 Å². The first-order valence-electron chi connectivity index (χ1n) is 5.05. The Morgan fingerprint density at radius 2 is 1.94 bits per heavy atom. The van der Waals surface area contributed by atoms with Crippen molar-refractivity contribution >= 4 is 11.8 Å². The number of rotatable bonds is 4. The predicted molar refractivity (Wildman–Crippen MR) is 58.5 cm³/mol. The average molecular weight is 240 g/mol. The lowest BCUT2D eigenvalue weighted by Crippen LogP contribution is -2.18. The second-order valence-corrected chi connectivity index (χ2v) is 3.61. The number of methoxy groups -OCH3 is 1. The highest BCUT2D eigenvalue weighted by Crippen LogP contribution is 2.22. The van der Waals surface area contributed by atoms with E-state index in [0.717, 1.165) is 7.11 Å². The molecule has 0 spiro atoms. The zero-order valence-electron chi connectivity index (χ0n) is 9.82. The van der Waals surface area contributed by atoms with E-state index in [0.29, 0.717) is 0 Å². The van der Waals surface area contributed by atoms with Crippen molar-refractivity contribution in [1.29, 1.82) is 0 Å². The summed E-state index contributed by atoms with van der Waals surface area (Å²) in [6, 6.07) is 4.04. The van der Waals surface area contributed by atoms with E-state index in [4.69, 9.17) is 4.74 Å². The van der Waals surface area contributed by atoms with Gasteiger partial charge in [0.05, 0.1) is 18.8 Å². The number of ether oxygens (including phenoxy) is 2. The van der Waals surface area contributed by atoms with Crippen LogP contribution in [0.2, 0.25) is 0 Å². The first-order chi connectivity index (χ1) is 7.97. The SMILES string of the molecule is COC(=O)C(=O)c1cccc(OC(C)C)c1F. The van der Waals surface area contributed by atoms with Crippen LogP contribution in [0.1, 0.15) is 24.2 Å². The number of hydrogen-bond acceptors (Lipinski definition) is 4. The van der Waals surface area contributed by atoms with Crippen molar-refractivity contribution in [3.63, 3.8) is 0 Å². The van der Waals surface area contributed by atoms with E-state index in [9.17, 15) is 14.0 Å². The van der Waals surface area contributed by atoms with Crippen LogP contribution in [0.15, 0.2) is 18.2 Å². The zero-order chi connectivity index (χ0) is 13.0. The number of benzene rings is 1. The van der Waals surface area contributed by atoms with Crippen LogP contribution >= 0.6 is 0 Å². The molecule has 0 atom stereocenters. The quantitative estimate of drug-likeness (QED) is 0.458. The summed E-state index contributed by atoms with van der Waals surface area (Å²) in [6.45, 7) is 3.46. The molecule has 0 aliphatic rings. The van der Waals surface area contributed by atoms with Gasteiger partial charge in [-0.2, -0.15) is 0 Å². The maximum absolute atomic E-state index is 13.8. The van der Waals surface area contributed by atoms with Crippen LogP contribution in [0, 0.1) is 5.82 Å². The number of ketones is 1. The van der Waals surface area contributed by atoms with Crippen LogP contribution < -0.4 is 4.74 Å². The minimum Gasteiger partial charge on any atom is -0.488 e. The monoisotopic (exact) mass is 240 g/mol. The van der Waals surface area contributed by atoms with Crippen molar-refractivity contribution in [2.45, 2.75) is 20.0 Å². The van der Waals surface area contributed by atoms with Gasteiger partial charge in [0, 0.05) is 0 Å². The van der Waals surface area contributed by atoms with Gasteiger partial charge in [-0.25, -0.2) is 9.18 Å². The van der Waals surface area contributed by atoms with Crippen molar-refractivity contribution in [2.24, 2.45) is 0 Å². The smallest absolute Gasteiger partial charge is 0.379 e. The Balaban J connectivity index is 3.10. The van der Waals surface area contributed by atoms with E-state index in [1.807, 2.05) is 0 Å². The summed E-state index contributed by atoms with van der Waals surface area (Å²) >= 11 is 0. The largest absolute Gasteiger partial charge is 0.488 e. The van der Waals surface area contributed by atoms with Gasteiger partial charge < -0.3 is 9.47 Å². The highest BCUT2D eigenvalue weighted by atomic mass is 19.1. The third-order valence-corrected chi connectivity index (χ3v) is 1.94. The molecule has 0 heterocycles. The van der Waals surface area contributed by atoms with E-state index in [1.165, 1.54) is 18.2 Å². The van der Waals surface area contributed by atoms with E-state index < -0.39 is 17.6 Å². The maximum atomic E-state index is 13.8. The molecule has 1 aromatic carbocycles. The average Bonchev–Trinajstić information content (AvgIpc) is 2.29. The molecule has 0 aliphatic carbocycles. The van der Waals surface area contributed by atoms with Crippen LogP contribution in [0.3, 0.4) is 0 Å². The first-order valence-corrected chi connectivity index (χ1v) is 5.05. The van der Waals surface area contributed by atoms with Gasteiger partial charge in [-0.15, -0.1) is 0 Å². The Morgan fingerprint density at radius 3 is 2.47 bits per heavy atom. The summed E-state index contributed by atoms with van der Waals surface area (Å²) < 4.78 is 23.2. The Kier molecular flexibility index (Phi) is 4.20. The standard InChI is InChI=1S/C12H13FO4/c1-7(2)17-9-6-4-5-8(10(9)13)11(14)12(15)16-3/h4-7H,1-3H3. The Labute approximate surface area is 98.3 Å². The third-order valence-electron chi connectivity index (χ3n) is 1.94. The molecule has 5 heteroatoms. The number of carbonyl (C=O) groups is 2. The minimum atomic E-state index is -1.11. The Morgan fingerprint density at radius 1 is 1.29 bits per heavy atom. The molecule has 0 aliphatic heterocycles. The molecule has 0 bridgehead atoms. The summed E-state index contributed by atoms with van der Waals surface area (Å²) in [7, 11) is 1.06. The lowest BCUT2D eigenvalue weighted by atomic mass is 10.1. The fourth-order valence-electron chi connectivity index (χ4n) is 1.23. The summed E-state index contributed by atoms with van der Waals surface area (Å²) in [5, 5.41) is 0. The van der Waals surface area contributed by atoms with Gasteiger partial charge >= 0.3 is 5.97 Å². The Bertz CT molecular complexity index is 440. The van der Waals surface area contributed by atoms with Crippen molar-refractivity contribution in [3.8, 4) is 5.75 Å². The molecule has 0 amide bonds. The zero-order valence-corrected chi connectivity index (χ0v) is 9.82. The molecule has 0 fully saturated rings. The van der Waals surface area contributed by atoms with Crippen LogP contribution in [0.25, 0.3) is 0 Å². The molecule has 92 valence electrons. The molecule has 0 saturated carbocycles. The molecule has 4 nitrogen and oxygen atoms in total. The highest BCUT2D eigenvalue weighted by Gasteiger charge is 2.23. The molecule has 0 aromatic heterocycles. The Hall–Kier alpha value is -1.91. The minimum absolute atomic E-state index is 0.0604. The van der Waals surface area contributed by atoms with E-state index in [-0.39, 0.29) is 17.4 Å². The van der Waals surface area contributed by atoms with Crippen LogP contribution in [0.4, 0.5) is 4.39 Å². The van der Waals surface area contributed by atoms with E-state index >= 15 is 0 Å². The summed E-state index contributed by atoms with van der Waals surface area (Å²) in [5.41, 5.74) is -0.352. The van der Waals surface area contributed by atoms with Gasteiger partial charge in [0.25, 0.3) is 5.78 Å². The van der Waals surface area contributed by atoms with Crippen LogP contribution in [0.5, 0.6) is 5.75 Å². The second kappa shape index (κ2) is 5.43. The lowest BCUT2D eigenvalue weighted by Gasteiger charge is -2.11. The van der Waals surface area contributed by atoms with E-state index in [2.05, 4.69) is 4.74 Å². The van der Waals surface area contributed by atoms with Gasteiger partial charge in [-0.05, 0) is 26.0 Å². The molecule has 0 radical (unpaired) electrons. The van der Waals surface area contributed by atoms with Crippen molar-refractivity contribution in [3.05, 3.63) is 29.6 Å². The van der Waals surface area contributed by atoms with E-state index in [1.54, 1.807) is 13.8 Å². The molecular formula is C12H13FO4. The van der Waals surface area contributed by atoms with Crippen molar-refractivity contribution < 1.29 is 23.5 Å². The normalized spacial score (nSPS) is 10.2. The predicted octanol–water partition coefficient (Wildman–Crippen LogP) is 1.97. The first kappa shape index (κ1) is 13.2. The molecule has 1 rings (SSSR count). The van der Waals surface area contributed by atoms with Gasteiger partial charge in [-0.3, -0.25) is 4.79 Å². The van der Waals surface area contributed by atoms with Crippen LogP contribution in [-0.2, 0) is 9.53 Å². The van der Waals surface area contributed by atoms with Gasteiger partial charge in [0.1, 0.15) is 0 Å².